The molecule has 0 heterocycles. The maximum absolute atomic E-state index is 12.3. The summed E-state index contributed by atoms with van der Waals surface area (Å²) in [6, 6.07) is 5.97. The highest BCUT2D eigenvalue weighted by atomic mass is 16.6. The molecule has 0 radical (unpaired) electrons. The highest BCUT2D eigenvalue weighted by molar-refractivity contribution is 6.10. The summed E-state index contributed by atoms with van der Waals surface area (Å²) in [7, 11) is 2.64. The first-order valence-corrected chi connectivity index (χ1v) is 12.5. The van der Waals surface area contributed by atoms with Crippen molar-refractivity contribution >= 4 is 47.6 Å². The number of allylic oxidation sites excluding steroid dienone is 2. The second-order valence-corrected chi connectivity index (χ2v) is 8.85. The van der Waals surface area contributed by atoms with Gasteiger partial charge in [-0.2, -0.15) is 0 Å². The molecule has 0 aliphatic heterocycles. The second kappa shape index (κ2) is 16.2. The van der Waals surface area contributed by atoms with Gasteiger partial charge < -0.3 is 40.6 Å². The molecule has 0 amide bonds. The van der Waals surface area contributed by atoms with Gasteiger partial charge in [-0.25, -0.2) is 9.59 Å². The van der Waals surface area contributed by atoms with Crippen LogP contribution in [0.5, 0.6) is 23.0 Å². The van der Waals surface area contributed by atoms with Gasteiger partial charge in [0.05, 0.1) is 33.5 Å². The number of ketones is 2. The van der Waals surface area contributed by atoms with E-state index in [0.717, 1.165) is 0 Å². The largest absolute Gasteiger partial charge is 0.493 e. The summed E-state index contributed by atoms with van der Waals surface area (Å²) in [5.41, 5.74) is 12.0. The molecule has 43 heavy (non-hydrogen) atoms. The number of esters is 2. The van der Waals surface area contributed by atoms with Crippen molar-refractivity contribution in [2.24, 2.45) is 11.5 Å². The van der Waals surface area contributed by atoms with Crippen molar-refractivity contribution in [2.45, 2.75) is 31.3 Å². The van der Waals surface area contributed by atoms with Crippen LogP contribution in [0.4, 0.5) is 0 Å². The van der Waals surface area contributed by atoms with Crippen molar-refractivity contribution in [3.63, 3.8) is 0 Å². The Morgan fingerprint density at radius 3 is 1.37 bits per heavy atom. The van der Waals surface area contributed by atoms with Crippen molar-refractivity contribution in [3.05, 3.63) is 59.7 Å². The Labute approximate surface area is 245 Å². The van der Waals surface area contributed by atoms with E-state index in [-0.39, 0.29) is 23.0 Å². The van der Waals surface area contributed by atoms with E-state index in [2.05, 4.69) is 0 Å². The summed E-state index contributed by atoms with van der Waals surface area (Å²) in [5.74, 6) is -5.17. The minimum Gasteiger partial charge on any atom is -0.493 e. The molecule has 2 rings (SSSR count). The fourth-order valence-corrected chi connectivity index (χ4v) is 3.32. The normalized spacial score (nSPS) is 12.4. The van der Waals surface area contributed by atoms with Crippen LogP contribution in [0.15, 0.2) is 48.6 Å². The van der Waals surface area contributed by atoms with Crippen LogP contribution in [0.25, 0.3) is 12.2 Å². The van der Waals surface area contributed by atoms with Crippen LogP contribution in [-0.2, 0) is 28.8 Å². The standard InChI is InChI=1S/C29H30N2O12/c1-40-24-11-16(5-9-22(24)42-28(38)20(30)14-26(34)35)3-7-18(32)13-19(33)8-4-17-6-10-23(25(12-17)41-2)43-29(39)21(31)15-27(36)37/h3-12,20-21H,13-15,30-31H2,1-2H3,(H,34,35)(H,36,37)/b7-3+,8-4+/t20-,21-/m0/s1. The summed E-state index contributed by atoms with van der Waals surface area (Å²) in [6.07, 6.45) is 3.58. The molecule has 14 nitrogen and oxygen atoms in total. The lowest BCUT2D eigenvalue weighted by Gasteiger charge is -2.12. The number of benzene rings is 2. The number of hydrogen-bond donors (Lipinski definition) is 4. The Kier molecular flexibility index (Phi) is 12.8. The zero-order valence-electron chi connectivity index (χ0n) is 23.2. The smallest absolute Gasteiger partial charge is 0.329 e. The van der Waals surface area contributed by atoms with Crippen LogP contribution < -0.4 is 30.4 Å². The number of rotatable bonds is 16. The molecule has 2 aromatic rings. The third kappa shape index (κ3) is 11.2. The molecular weight excluding hydrogens is 568 g/mol. The second-order valence-electron chi connectivity index (χ2n) is 8.85. The van der Waals surface area contributed by atoms with Crippen molar-refractivity contribution < 1.29 is 57.9 Å². The van der Waals surface area contributed by atoms with Crippen molar-refractivity contribution in [2.75, 3.05) is 14.2 Å². The van der Waals surface area contributed by atoms with Crippen molar-refractivity contribution in [1.29, 1.82) is 0 Å². The van der Waals surface area contributed by atoms with Gasteiger partial charge in [0.25, 0.3) is 0 Å². The average molecular weight is 599 g/mol. The van der Waals surface area contributed by atoms with Crippen LogP contribution in [0.2, 0.25) is 0 Å². The van der Waals surface area contributed by atoms with Crippen LogP contribution in [-0.4, -0.2) is 72.0 Å². The molecule has 14 heteroatoms. The van der Waals surface area contributed by atoms with Gasteiger partial charge in [0.1, 0.15) is 12.1 Å². The summed E-state index contributed by atoms with van der Waals surface area (Å²) >= 11 is 0. The molecule has 0 bridgehead atoms. The fourth-order valence-electron chi connectivity index (χ4n) is 3.32. The number of carbonyl (C=O) groups is 6. The lowest BCUT2D eigenvalue weighted by atomic mass is 10.1. The van der Waals surface area contributed by atoms with E-state index in [0.29, 0.717) is 11.1 Å². The van der Waals surface area contributed by atoms with Gasteiger partial charge >= 0.3 is 23.9 Å². The third-order valence-electron chi connectivity index (χ3n) is 5.46. The first kappa shape index (κ1) is 33.9. The molecule has 0 saturated heterocycles. The lowest BCUT2D eigenvalue weighted by Crippen LogP contribution is -2.36. The summed E-state index contributed by atoms with van der Waals surface area (Å²) in [4.78, 5) is 70.1. The summed E-state index contributed by atoms with van der Waals surface area (Å²) < 4.78 is 20.6. The fraction of sp³-hybridized carbons (Fsp3) is 0.241. The van der Waals surface area contributed by atoms with E-state index < -0.39 is 66.8 Å². The zero-order chi connectivity index (χ0) is 32.1. The van der Waals surface area contributed by atoms with E-state index in [1.807, 2.05) is 0 Å². The number of carbonyl (C=O) groups excluding carboxylic acids is 4. The predicted molar refractivity (Wildman–Crippen MR) is 150 cm³/mol. The Morgan fingerprint density at radius 1 is 0.674 bits per heavy atom. The third-order valence-corrected chi connectivity index (χ3v) is 5.46. The van der Waals surface area contributed by atoms with E-state index in [9.17, 15) is 28.8 Å². The molecule has 2 aromatic carbocycles. The topological polar surface area (TPSA) is 232 Å². The van der Waals surface area contributed by atoms with Gasteiger partial charge in [-0.3, -0.25) is 19.2 Å². The number of nitrogens with two attached hydrogens (primary N) is 2. The highest BCUT2D eigenvalue weighted by Crippen LogP contribution is 2.30. The minimum absolute atomic E-state index is 0.00159. The average Bonchev–Trinajstić information content (AvgIpc) is 2.95. The van der Waals surface area contributed by atoms with Crippen molar-refractivity contribution in [3.8, 4) is 23.0 Å². The Hall–Kier alpha value is -5.34. The Bertz CT molecular complexity index is 1340. The highest BCUT2D eigenvalue weighted by Gasteiger charge is 2.22. The number of aliphatic carboxylic acids is 2. The number of hydrogen-bond acceptors (Lipinski definition) is 12. The van der Waals surface area contributed by atoms with E-state index in [1.165, 1.54) is 74.9 Å². The molecule has 0 aromatic heterocycles. The number of carboxylic acid groups (broad SMARTS) is 2. The molecule has 0 saturated carbocycles. The van der Waals surface area contributed by atoms with Crippen LogP contribution in [0, 0.1) is 0 Å². The Morgan fingerprint density at radius 2 is 1.05 bits per heavy atom. The SMILES string of the molecule is COc1cc(/C=C/C(=O)CC(=O)/C=C/c2ccc(OC(=O)[C@@H](N)CC(=O)O)c(OC)c2)ccc1OC(=O)[C@@H](N)CC(=O)O. The monoisotopic (exact) mass is 598 g/mol. The quantitative estimate of drug-likeness (QED) is 0.0925. The molecule has 228 valence electrons. The van der Waals surface area contributed by atoms with Gasteiger partial charge in [-0.15, -0.1) is 0 Å². The predicted octanol–water partition coefficient (Wildman–Crippen LogP) is 1.37. The maximum Gasteiger partial charge on any atom is 0.329 e. The Balaban J connectivity index is 1.99. The molecule has 0 fully saturated rings. The molecule has 0 aliphatic carbocycles. The summed E-state index contributed by atoms with van der Waals surface area (Å²) in [5, 5.41) is 17.5. The van der Waals surface area contributed by atoms with Crippen LogP contribution >= 0.6 is 0 Å². The summed E-state index contributed by atoms with van der Waals surface area (Å²) in [6.45, 7) is 0. The number of ether oxygens (including phenoxy) is 4. The molecule has 2 atom stereocenters. The molecule has 0 spiro atoms. The minimum atomic E-state index is -1.37. The molecule has 0 aliphatic rings. The van der Waals surface area contributed by atoms with Gasteiger partial charge in [0.15, 0.2) is 34.6 Å². The van der Waals surface area contributed by atoms with Crippen molar-refractivity contribution in [1.82, 2.24) is 0 Å². The molecule has 6 N–H and O–H groups in total. The number of carboxylic acids is 2. The lowest BCUT2D eigenvalue weighted by molar-refractivity contribution is -0.143. The van der Waals surface area contributed by atoms with Gasteiger partial charge in [0, 0.05) is 0 Å². The van der Waals surface area contributed by atoms with Gasteiger partial charge in [-0.1, -0.05) is 24.3 Å². The van der Waals surface area contributed by atoms with E-state index in [1.54, 1.807) is 0 Å². The number of methoxy groups -OCH3 is 2. The first-order chi connectivity index (χ1) is 20.3. The zero-order valence-corrected chi connectivity index (χ0v) is 23.2. The van der Waals surface area contributed by atoms with Gasteiger partial charge in [-0.05, 0) is 47.5 Å². The van der Waals surface area contributed by atoms with Crippen LogP contribution in [0.3, 0.4) is 0 Å². The molecular formula is C29H30N2O12. The van der Waals surface area contributed by atoms with E-state index in [4.69, 9.17) is 40.6 Å². The maximum atomic E-state index is 12.3. The first-order valence-electron chi connectivity index (χ1n) is 12.5. The molecule has 0 unspecified atom stereocenters. The van der Waals surface area contributed by atoms with E-state index >= 15 is 0 Å². The van der Waals surface area contributed by atoms with Gasteiger partial charge in [0.2, 0.25) is 0 Å². The van der Waals surface area contributed by atoms with Crippen LogP contribution in [0.1, 0.15) is 30.4 Å².